The monoisotopic (exact) mass is 289 g/mol. The first kappa shape index (κ1) is 13.7. The van der Waals surface area contributed by atoms with Crippen LogP contribution in [-0.2, 0) is 6.18 Å². The molecular weight excluding hydrogens is 279 g/mol. The standard InChI is InChI=1S/C10H10F3N5S/c1-5-3-6(10(11,12)13)4-7(15-5)18-8(14)16-9(17-18)19-2/h3-4H,1-2H3,(H2,14,16,17). The maximum absolute atomic E-state index is 12.7. The predicted octanol–water partition coefficient (Wildman–Crippen LogP) is 2.29. The van der Waals surface area contributed by atoms with Gasteiger partial charge in [0.2, 0.25) is 11.1 Å². The van der Waals surface area contributed by atoms with Crippen molar-refractivity contribution < 1.29 is 13.2 Å². The fourth-order valence-corrected chi connectivity index (χ4v) is 1.83. The summed E-state index contributed by atoms with van der Waals surface area (Å²) in [6.07, 6.45) is -2.70. The van der Waals surface area contributed by atoms with E-state index in [1.807, 2.05) is 0 Å². The van der Waals surface area contributed by atoms with Crippen LogP contribution in [0.15, 0.2) is 17.3 Å². The third-order valence-electron chi connectivity index (χ3n) is 2.28. The molecule has 5 nitrogen and oxygen atoms in total. The van der Waals surface area contributed by atoms with Gasteiger partial charge in [0.1, 0.15) is 0 Å². The van der Waals surface area contributed by atoms with Crippen molar-refractivity contribution in [3.05, 3.63) is 23.4 Å². The molecule has 0 aliphatic rings. The summed E-state index contributed by atoms with van der Waals surface area (Å²) in [5.74, 6) is -0.00630. The molecule has 2 rings (SSSR count). The Hall–Kier alpha value is -1.77. The lowest BCUT2D eigenvalue weighted by atomic mass is 10.2. The number of rotatable bonds is 2. The molecule has 102 valence electrons. The number of halogens is 3. The van der Waals surface area contributed by atoms with Gasteiger partial charge in [-0.05, 0) is 25.3 Å². The normalized spacial score (nSPS) is 11.8. The number of aromatic nitrogens is 4. The number of thioether (sulfide) groups is 1. The second-order valence-corrected chi connectivity index (χ2v) is 4.50. The summed E-state index contributed by atoms with van der Waals surface area (Å²) < 4.78 is 39.3. The number of pyridine rings is 1. The van der Waals surface area contributed by atoms with E-state index in [-0.39, 0.29) is 17.5 Å². The molecule has 2 heterocycles. The van der Waals surface area contributed by atoms with Crippen LogP contribution in [-0.4, -0.2) is 26.0 Å². The molecule has 9 heteroatoms. The van der Waals surface area contributed by atoms with Crippen molar-refractivity contribution >= 4 is 17.7 Å². The average molecular weight is 289 g/mol. The van der Waals surface area contributed by atoms with Gasteiger partial charge in [-0.1, -0.05) is 11.8 Å². The van der Waals surface area contributed by atoms with E-state index >= 15 is 0 Å². The largest absolute Gasteiger partial charge is 0.416 e. The van der Waals surface area contributed by atoms with Crippen molar-refractivity contribution in [1.82, 2.24) is 19.7 Å². The first-order valence-electron chi connectivity index (χ1n) is 5.14. The van der Waals surface area contributed by atoms with Gasteiger partial charge < -0.3 is 5.73 Å². The van der Waals surface area contributed by atoms with Crippen LogP contribution in [0.2, 0.25) is 0 Å². The van der Waals surface area contributed by atoms with E-state index in [4.69, 9.17) is 5.73 Å². The Kier molecular flexibility index (Phi) is 3.40. The number of anilines is 1. The molecule has 0 fully saturated rings. The molecule has 0 aliphatic heterocycles. The van der Waals surface area contributed by atoms with Gasteiger partial charge in [0.25, 0.3) is 0 Å². The Bertz CT molecular complexity index is 608. The van der Waals surface area contributed by atoms with E-state index in [0.29, 0.717) is 5.16 Å². The van der Waals surface area contributed by atoms with Gasteiger partial charge in [-0.2, -0.15) is 22.8 Å². The lowest BCUT2D eigenvalue weighted by Crippen LogP contribution is -2.11. The van der Waals surface area contributed by atoms with Gasteiger partial charge in [-0.25, -0.2) is 4.98 Å². The molecule has 2 aromatic heterocycles. The van der Waals surface area contributed by atoms with E-state index in [1.54, 1.807) is 6.26 Å². The van der Waals surface area contributed by atoms with Crippen molar-refractivity contribution in [3.8, 4) is 5.82 Å². The van der Waals surface area contributed by atoms with E-state index < -0.39 is 11.7 Å². The Morgan fingerprint density at radius 2 is 1.95 bits per heavy atom. The van der Waals surface area contributed by atoms with Gasteiger partial charge in [-0.3, -0.25) is 0 Å². The predicted molar refractivity (Wildman–Crippen MR) is 65.1 cm³/mol. The highest BCUT2D eigenvalue weighted by Crippen LogP contribution is 2.30. The summed E-state index contributed by atoms with van der Waals surface area (Å²) >= 11 is 1.24. The quantitative estimate of drug-likeness (QED) is 0.859. The van der Waals surface area contributed by atoms with Crippen molar-refractivity contribution in [2.45, 2.75) is 18.3 Å². The maximum Gasteiger partial charge on any atom is 0.416 e. The van der Waals surface area contributed by atoms with Crippen LogP contribution in [0, 0.1) is 6.92 Å². The third kappa shape index (κ3) is 2.80. The zero-order valence-electron chi connectivity index (χ0n) is 10.1. The van der Waals surface area contributed by atoms with Gasteiger partial charge >= 0.3 is 6.18 Å². The summed E-state index contributed by atoms with van der Waals surface area (Å²) in [4.78, 5) is 7.90. The molecule has 0 saturated carbocycles. The minimum absolute atomic E-state index is 0.00220. The molecule has 2 N–H and O–H groups in total. The minimum Gasteiger partial charge on any atom is -0.368 e. The van der Waals surface area contributed by atoms with Gasteiger partial charge in [-0.15, -0.1) is 5.10 Å². The Labute approximate surface area is 111 Å². The highest BCUT2D eigenvalue weighted by Gasteiger charge is 2.31. The molecular formula is C10H10F3N5S. The molecule has 0 aromatic carbocycles. The third-order valence-corrected chi connectivity index (χ3v) is 2.82. The maximum atomic E-state index is 12.7. The van der Waals surface area contributed by atoms with Crippen LogP contribution in [0.3, 0.4) is 0 Å². The van der Waals surface area contributed by atoms with E-state index in [1.165, 1.54) is 18.7 Å². The lowest BCUT2D eigenvalue weighted by molar-refractivity contribution is -0.137. The first-order chi connectivity index (χ1) is 8.81. The number of alkyl halides is 3. The molecule has 0 bridgehead atoms. The second kappa shape index (κ2) is 4.72. The zero-order chi connectivity index (χ0) is 14.2. The van der Waals surface area contributed by atoms with Crippen LogP contribution in [0.5, 0.6) is 0 Å². The minimum atomic E-state index is -4.44. The second-order valence-electron chi connectivity index (χ2n) is 3.72. The highest BCUT2D eigenvalue weighted by atomic mass is 32.2. The van der Waals surface area contributed by atoms with E-state index in [2.05, 4.69) is 15.1 Å². The summed E-state index contributed by atoms with van der Waals surface area (Å²) in [5.41, 5.74) is 5.04. The van der Waals surface area contributed by atoms with Crippen molar-refractivity contribution in [2.24, 2.45) is 0 Å². The first-order valence-corrected chi connectivity index (χ1v) is 6.36. The van der Waals surface area contributed by atoms with Crippen LogP contribution >= 0.6 is 11.8 Å². The summed E-state index contributed by atoms with van der Waals surface area (Å²) in [6, 6.07) is 1.86. The summed E-state index contributed by atoms with van der Waals surface area (Å²) in [5, 5.41) is 4.35. The topological polar surface area (TPSA) is 69.6 Å². The van der Waals surface area contributed by atoms with Crippen LogP contribution in [0.4, 0.5) is 19.1 Å². The zero-order valence-corrected chi connectivity index (χ0v) is 10.9. The number of nitrogens with zero attached hydrogens (tertiary/aromatic N) is 4. The van der Waals surface area contributed by atoms with E-state index in [9.17, 15) is 13.2 Å². The van der Waals surface area contributed by atoms with Gasteiger partial charge in [0.05, 0.1) is 5.56 Å². The van der Waals surface area contributed by atoms with Crippen LogP contribution in [0.25, 0.3) is 5.82 Å². The molecule has 19 heavy (non-hydrogen) atoms. The average Bonchev–Trinajstić information content (AvgIpc) is 2.68. The Morgan fingerprint density at radius 3 is 2.47 bits per heavy atom. The number of hydrogen-bond acceptors (Lipinski definition) is 5. The molecule has 2 aromatic rings. The number of hydrogen-bond donors (Lipinski definition) is 1. The van der Waals surface area contributed by atoms with E-state index in [0.717, 1.165) is 16.8 Å². The molecule has 0 atom stereocenters. The molecule has 0 unspecified atom stereocenters. The molecule has 0 amide bonds. The SMILES string of the molecule is CSc1nc(N)n(-c2cc(C(F)(F)F)cc(C)n2)n1. The smallest absolute Gasteiger partial charge is 0.368 e. The summed E-state index contributed by atoms with van der Waals surface area (Å²) in [6.45, 7) is 1.47. The van der Waals surface area contributed by atoms with Crippen LogP contribution < -0.4 is 5.73 Å². The fraction of sp³-hybridized carbons (Fsp3) is 0.300. The van der Waals surface area contributed by atoms with Crippen molar-refractivity contribution in [3.63, 3.8) is 0 Å². The number of nitrogen functional groups attached to an aromatic ring is 1. The molecule has 0 spiro atoms. The van der Waals surface area contributed by atoms with Gasteiger partial charge in [0, 0.05) is 5.69 Å². The summed E-state index contributed by atoms with van der Waals surface area (Å²) in [7, 11) is 0. The highest BCUT2D eigenvalue weighted by molar-refractivity contribution is 7.98. The van der Waals surface area contributed by atoms with Gasteiger partial charge in [0.15, 0.2) is 5.82 Å². The van der Waals surface area contributed by atoms with Crippen molar-refractivity contribution in [2.75, 3.05) is 12.0 Å². The molecule has 0 aliphatic carbocycles. The van der Waals surface area contributed by atoms with Crippen molar-refractivity contribution in [1.29, 1.82) is 0 Å². The number of nitrogens with two attached hydrogens (primary N) is 1. The Morgan fingerprint density at radius 1 is 1.26 bits per heavy atom. The number of aryl methyl sites for hydroxylation is 1. The van der Waals surface area contributed by atoms with Crippen LogP contribution in [0.1, 0.15) is 11.3 Å². The lowest BCUT2D eigenvalue weighted by Gasteiger charge is -2.10. The molecule has 0 saturated heterocycles. The fourth-order valence-electron chi connectivity index (χ4n) is 1.48. The Balaban J connectivity index is 2.56. The molecule has 0 radical (unpaired) electrons.